The summed E-state index contributed by atoms with van der Waals surface area (Å²) in [7, 11) is 1.54. The molecule has 0 rings (SSSR count). The molecule has 0 saturated carbocycles. The number of rotatable bonds is 9. The monoisotopic (exact) mass is 260 g/mol. The molecular formula is C12H24N2O4. The molecule has 1 amide bonds. The number of amides is 1. The summed E-state index contributed by atoms with van der Waals surface area (Å²) in [5, 5.41) is 11.7. The Morgan fingerprint density at radius 2 is 2.00 bits per heavy atom. The van der Waals surface area contributed by atoms with Gasteiger partial charge >= 0.3 is 5.97 Å². The third kappa shape index (κ3) is 6.56. The first-order valence-corrected chi connectivity index (χ1v) is 6.17. The molecule has 0 heterocycles. The van der Waals surface area contributed by atoms with E-state index in [1.54, 1.807) is 18.9 Å². The van der Waals surface area contributed by atoms with Crippen molar-refractivity contribution in [2.24, 2.45) is 0 Å². The minimum absolute atomic E-state index is 0.0917. The van der Waals surface area contributed by atoms with E-state index < -0.39 is 12.0 Å². The molecule has 2 atom stereocenters. The summed E-state index contributed by atoms with van der Waals surface area (Å²) in [4.78, 5) is 24.3. The van der Waals surface area contributed by atoms with Crippen molar-refractivity contribution in [3.05, 3.63) is 0 Å². The Balaban J connectivity index is 4.46. The van der Waals surface area contributed by atoms with Crippen molar-refractivity contribution in [1.82, 2.24) is 10.2 Å². The van der Waals surface area contributed by atoms with Crippen LogP contribution in [0.1, 0.15) is 27.2 Å². The molecule has 6 nitrogen and oxygen atoms in total. The van der Waals surface area contributed by atoms with Crippen LogP contribution >= 0.6 is 0 Å². The molecule has 0 aliphatic rings. The Labute approximate surface area is 108 Å². The van der Waals surface area contributed by atoms with Gasteiger partial charge in [-0.25, -0.2) is 0 Å². The molecule has 18 heavy (non-hydrogen) atoms. The smallest absolute Gasteiger partial charge is 0.317 e. The first kappa shape index (κ1) is 16.9. The van der Waals surface area contributed by atoms with Crippen molar-refractivity contribution in [3.63, 3.8) is 0 Å². The van der Waals surface area contributed by atoms with Crippen LogP contribution in [0.25, 0.3) is 0 Å². The van der Waals surface area contributed by atoms with Crippen molar-refractivity contribution >= 4 is 11.9 Å². The zero-order valence-electron chi connectivity index (χ0n) is 11.6. The number of hydrogen-bond donors (Lipinski definition) is 2. The Morgan fingerprint density at radius 1 is 1.39 bits per heavy atom. The number of carboxylic acids is 1. The molecule has 0 aliphatic heterocycles. The summed E-state index contributed by atoms with van der Waals surface area (Å²) in [6.45, 7) is 6.25. The van der Waals surface area contributed by atoms with E-state index >= 15 is 0 Å². The van der Waals surface area contributed by atoms with Gasteiger partial charge in [-0.15, -0.1) is 0 Å². The average molecular weight is 260 g/mol. The molecule has 0 aromatic heterocycles. The second-order valence-corrected chi connectivity index (χ2v) is 4.35. The van der Waals surface area contributed by atoms with Crippen LogP contribution in [0.2, 0.25) is 0 Å². The van der Waals surface area contributed by atoms with Crippen LogP contribution in [0.4, 0.5) is 0 Å². The Morgan fingerprint density at radius 3 is 2.44 bits per heavy atom. The Hall–Kier alpha value is -1.14. The van der Waals surface area contributed by atoms with E-state index in [2.05, 4.69) is 5.32 Å². The van der Waals surface area contributed by atoms with E-state index in [-0.39, 0.29) is 18.5 Å². The van der Waals surface area contributed by atoms with Gasteiger partial charge in [0, 0.05) is 19.7 Å². The first-order valence-electron chi connectivity index (χ1n) is 6.17. The highest BCUT2D eigenvalue weighted by atomic mass is 16.5. The van der Waals surface area contributed by atoms with Crippen molar-refractivity contribution in [2.45, 2.75) is 39.3 Å². The molecule has 0 aliphatic carbocycles. The number of aliphatic carboxylic acids is 1. The molecule has 0 fully saturated rings. The SMILES string of the molecule is CCC(C)NC(=O)C(C)N(CCOC)CC(=O)O. The summed E-state index contributed by atoms with van der Waals surface area (Å²) in [6, 6.07) is -0.390. The lowest BCUT2D eigenvalue weighted by Crippen LogP contribution is -2.50. The van der Waals surface area contributed by atoms with Crippen LogP contribution in [0.3, 0.4) is 0 Å². The molecule has 0 aromatic rings. The van der Waals surface area contributed by atoms with Gasteiger partial charge in [0.1, 0.15) is 0 Å². The van der Waals surface area contributed by atoms with Crippen molar-refractivity contribution in [2.75, 3.05) is 26.8 Å². The van der Waals surface area contributed by atoms with E-state index in [1.165, 1.54) is 0 Å². The van der Waals surface area contributed by atoms with Gasteiger partial charge in [-0.2, -0.15) is 0 Å². The minimum Gasteiger partial charge on any atom is -0.480 e. The average Bonchev–Trinajstić information content (AvgIpc) is 2.32. The number of carbonyl (C=O) groups is 2. The van der Waals surface area contributed by atoms with Crippen molar-refractivity contribution in [3.8, 4) is 0 Å². The fourth-order valence-electron chi connectivity index (χ4n) is 1.42. The highest BCUT2D eigenvalue weighted by Gasteiger charge is 2.23. The minimum atomic E-state index is -0.950. The van der Waals surface area contributed by atoms with Crippen molar-refractivity contribution in [1.29, 1.82) is 0 Å². The molecule has 6 heteroatoms. The fourth-order valence-corrected chi connectivity index (χ4v) is 1.42. The van der Waals surface area contributed by atoms with E-state index in [4.69, 9.17) is 9.84 Å². The molecule has 0 bridgehead atoms. The van der Waals surface area contributed by atoms with Crippen molar-refractivity contribution < 1.29 is 19.4 Å². The fraction of sp³-hybridized carbons (Fsp3) is 0.833. The maximum absolute atomic E-state index is 11.9. The van der Waals surface area contributed by atoms with Crippen LogP contribution < -0.4 is 5.32 Å². The maximum Gasteiger partial charge on any atom is 0.317 e. The zero-order chi connectivity index (χ0) is 14.1. The van der Waals surface area contributed by atoms with E-state index in [0.29, 0.717) is 13.2 Å². The summed E-state index contributed by atoms with van der Waals surface area (Å²) in [5.41, 5.74) is 0. The largest absolute Gasteiger partial charge is 0.480 e. The number of nitrogens with one attached hydrogen (secondary N) is 1. The van der Waals surface area contributed by atoms with E-state index in [9.17, 15) is 9.59 Å². The van der Waals surface area contributed by atoms with Gasteiger partial charge in [0.25, 0.3) is 0 Å². The molecule has 0 saturated heterocycles. The predicted octanol–water partition coefficient (Wildman–Crippen LogP) is 0.323. The second kappa shape index (κ2) is 8.88. The van der Waals surface area contributed by atoms with Gasteiger partial charge in [0.2, 0.25) is 5.91 Å². The van der Waals surface area contributed by atoms with Gasteiger partial charge < -0.3 is 15.2 Å². The molecule has 106 valence electrons. The lowest BCUT2D eigenvalue weighted by molar-refractivity contribution is -0.140. The van der Waals surface area contributed by atoms with Gasteiger partial charge in [0.05, 0.1) is 19.2 Å². The number of carboxylic acid groups (broad SMARTS) is 1. The quantitative estimate of drug-likeness (QED) is 0.624. The van der Waals surface area contributed by atoms with Crippen LogP contribution in [0.15, 0.2) is 0 Å². The molecule has 0 aromatic carbocycles. The summed E-state index contributed by atoms with van der Waals surface area (Å²) >= 11 is 0. The van der Waals surface area contributed by atoms with Gasteiger partial charge in [0.15, 0.2) is 0 Å². The molecule has 0 radical (unpaired) electrons. The predicted molar refractivity (Wildman–Crippen MR) is 68.4 cm³/mol. The number of methoxy groups -OCH3 is 1. The van der Waals surface area contributed by atoms with E-state index in [0.717, 1.165) is 6.42 Å². The Bertz CT molecular complexity index is 271. The standard InChI is InChI=1S/C12H24N2O4/c1-5-9(2)13-12(17)10(3)14(6-7-18-4)8-11(15)16/h9-10H,5-8H2,1-4H3,(H,13,17)(H,15,16). The van der Waals surface area contributed by atoms with Crippen LogP contribution in [-0.2, 0) is 14.3 Å². The van der Waals surface area contributed by atoms with Crippen LogP contribution in [-0.4, -0.2) is 60.8 Å². The molecule has 2 unspecified atom stereocenters. The highest BCUT2D eigenvalue weighted by Crippen LogP contribution is 2.01. The lowest BCUT2D eigenvalue weighted by Gasteiger charge is -2.27. The van der Waals surface area contributed by atoms with Gasteiger partial charge in [-0.3, -0.25) is 14.5 Å². The normalized spacial score (nSPS) is 14.3. The van der Waals surface area contributed by atoms with E-state index in [1.807, 2.05) is 13.8 Å². The third-order valence-corrected chi connectivity index (χ3v) is 2.85. The second-order valence-electron chi connectivity index (χ2n) is 4.35. The zero-order valence-corrected chi connectivity index (χ0v) is 11.6. The Kier molecular flexibility index (Phi) is 8.32. The lowest BCUT2D eigenvalue weighted by atomic mass is 10.2. The van der Waals surface area contributed by atoms with Gasteiger partial charge in [-0.05, 0) is 20.3 Å². The first-order chi connectivity index (χ1) is 8.42. The third-order valence-electron chi connectivity index (χ3n) is 2.85. The number of ether oxygens (including phenoxy) is 1. The molecular weight excluding hydrogens is 236 g/mol. The molecule has 0 spiro atoms. The van der Waals surface area contributed by atoms with Crippen LogP contribution in [0.5, 0.6) is 0 Å². The summed E-state index contributed by atoms with van der Waals surface area (Å²) in [6.07, 6.45) is 0.843. The number of nitrogens with zero attached hydrogens (tertiary/aromatic N) is 1. The number of carbonyl (C=O) groups excluding carboxylic acids is 1. The summed E-state index contributed by atoms with van der Waals surface area (Å²) < 4.78 is 4.92. The summed E-state index contributed by atoms with van der Waals surface area (Å²) in [5.74, 6) is -1.10. The number of hydrogen-bond acceptors (Lipinski definition) is 4. The van der Waals surface area contributed by atoms with Crippen LogP contribution in [0, 0.1) is 0 Å². The maximum atomic E-state index is 11.9. The highest BCUT2D eigenvalue weighted by molar-refractivity contribution is 5.82. The van der Waals surface area contributed by atoms with Gasteiger partial charge in [-0.1, -0.05) is 6.92 Å². The molecule has 2 N–H and O–H groups in total. The topological polar surface area (TPSA) is 78.9 Å².